The normalized spacial score (nSPS) is 15.8. The summed E-state index contributed by atoms with van der Waals surface area (Å²) in [6.45, 7) is 1.92. The molecule has 1 N–H and O–H groups in total. The number of carbonyl (C=O) groups is 2. The Morgan fingerprint density at radius 1 is 1.03 bits per heavy atom. The van der Waals surface area contributed by atoms with Crippen molar-refractivity contribution in [2.24, 2.45) is 0 Å². The lowest BCUT2D eigenvalue weighted by atomic mass is 9.92. The minimum atomic E-state index is -0.804. The van der Waals surface area contributed by atoms with Crippen molar-refractivity contribution >= 4 is 50.0 Å². The molecule has 7 heteroatoms. The minimum absolute atomic E-state index is 0.000826. The highest BCUT2D eigenvalue weighted by atomic mass is 79.9. The van der Waals surface area contributed by atoms with Gasteiger partial charge in [0.15, 0.2) is 11.5 Å². The second-order valence-corrected chi connectivity index (χ2v) is 9.64. The van der Waals surface area contributed by atoms with Crippen molar-refractivity contribution in [2.75, 3.05) is 23.9 Å². The first kappa shape index (κ1) is 22.9. The molecule has 0 saturated heterocycles. The Labute approximate surface area is 211 Å². The van der Waals surface area contributed by atoms with E-state index in [2.05, 4.69) is 15.9 Å². The van der Waals surface area contributed by atoms with Crippen LogP contribution in [0.3, 0.4) is 0 Å². The summed E-state index contributed by atoms with van der Waals surface area (Å²) in [4.78, 5) is 30.6. The second-order valence-electron chi connectivity index (χ2n) is 8.73. The maximum absolute atomic E-state index is 13.8. The zero-order valence-electron chi connectivity index (χ0n) is 19.4. The number of anilines is 2. The van der Waals surface area contributed by atoms with Crippen LogP contribution in [0.1, 0.15) is 27.7 Å². The van der Waals surface area contributed by atoms with E-state index in [9.17, 15) is 14.7 Å². The lowest BCUT2D eigenvalue weighted by Gasteiger charge is -2.28. The van der Waals surface area contributed by atoms with E-state index < -0.39 is 23.5 Å². The molecule has 2 heterocycles. The largest absolute Gasteiger partial charge is 0.503 e. The van der Waals surface area contributed by atoms with E-state index in [-0.39, 0.29) is 11.3 Å². The molecule has 3 aromatic carbocycles. The van der Waals surface area contributed by atoms with Crippen molar-refractivity contribution in [3.05, 3.63) is 105 Å². The Morgan fingerprint density at radius 3 is 2.43 bits per heavy atom. The molecule has 0 saturated carbocycles. The average molecular weight is 531 g/mol. The van der Waals surface area contributed by atoms with Crippen molar-refractivity contribution in [1.29, 1.82) is 0 Å². The van der Waals surface area contributed by atoms with Gasteiger partial charge in [-0.2, -0.15) is 0 Å². The molecule has 1 atom stereocenters. The predicted octanol–water partition coefficient (Wildman–Crippen LogP) is 6.35. The molecule has 1 aliphatic heterocycles. The van der Waals surface area contributed by atoms with Gasteiger partial charge in [-0.05, 0) is 66.6 Å². The fourth-order valence-corrected chi connectivity index (χ4v) is 4.84. The molecule has 176 valence electrons. The zero-order valence-corrected chi connectivity index (χ0v) is 21.0. The van der Waals surface area contributed by atoms with Crippen molar-refractivity contribution in [1.82, 2.24) is 0 Å². The number of hydrogen-bond donors (Lipinski definition) is 1. The van der Waals surface area contributed by atoms with Crippen LogP contribution in [0.2, 0.25) is 0 Å². The number of hydrogen-bond acceptors (Lipinski definition) is 5. The number of benzene rings is 3. The maximum Gasteiger partial charge on any atom is 0.294 e. The summed E-state index contributed by atoms with van der Waals surface area (Å²) in [5.74, 6) is -1.65. The molecule has 0 radical (unpaired) electrons. The zero-order chi connectivity index (χ0) is 24.9. The smallest absolute Gasteiger partial charge is 0.294 e. The SMILES string of the molecule is Cc1ccccc1C1C(C(=O)c2cc3cc(Br)ccc3o2)=C(O)C(=O)N1c1ccc(N(C)C)cc1. The first-order chi connectivity index (χ1) is 16.8. The Kier molecular flexibility index (Phi) is 5.73. The Balaban J connectivity index is 1.65. The number of rotatable bonds is 5. The fraction of sp³-hybridized carbons (Fsp3) is 0.143. The summed E-state index contributed by atoms with van der Waals surface area (Å²) >= 11 is 3.43. The Bertz CT molecular complexity index is 1500. The van der Waals surface area contributed by atoms with E-state index in [1.807, 2.05) is 86.6 Å². The van der Waals surface area contributed by atoms with Crippen LogP contribution in [0.5, 0.6) is 0 Å². The number of ketones is 1. The number of carbonyl (C=O) groups excluding carboxylic acids is 2. The molecule has 0 spiro atoms. The molecule has 4 aromatic rings. The molecule has 5 rings (SSSR count). The molecule has 1 aliphatic rings. The van der Waals surface area contributed by atoms with E-state index >= 15 is 0 Å². The van der Waals surface area contributed by atoms with E-state index in [1.54, 1.807) is 12.1 Å². The standard InChI is InChI=1S/C28H23BrN2O4/c1-16-6-4-5-7-21(16)25-24(26(32)23-15-17-14-18(29)8-13-22(17)35-23)27(33)28(34)31(25)20-11-9-19(10-12-20)30(2)3/h4-15,25,33H,1-3H3. The van der Waals surface area contributed by atoms with Crippen LogP contribution in [0.15, 0.2) is 93.0 Å². The highest BCUT2D eigenvalue weighted by molar-refractivity contribution is 9.10. The van der Waals surface area contributed by atoms with Gasteiger partial charge >= 0.3 is 0 Å². The number of aliphatic hydroxyl groups excluding tert-OH is 1. The second kappa shape index (κ2) is 8.74. The molecule has 1 amide bonds. The third-order valence-corrected chi connectivity index (χ3v) is 6.78. The third-order valence-electron chi connectivity index (χ3n) is 6.28. The Hall–Kier alpha value is -3.84. The van der Waals surface area contributed by atoms with Crippen molar-refractivity contribution in [2.45, 2.75) is 13.0 Å². The van der Waals surface area contributed by atoms with Gasteiger partial charge in [-0.3, -0.25) is 14.5 Å². The highest BCUT2D eigenvalue weighted by Gasteiger charge is 2.45. The van der Waals surface area contributed by atoms with E-state index in [0.29, 0.717) is 11.3 Å². The summed E-state index contributed by atoms with van der Waals surface area (Å²) < 4.78 is 6.68. The van der Waals surface area contributed by atoms with Gasteiger partial charge in [0.25, 0.3) is 5.91 Å². The molecule has 6 nitrogen and oxygen atoms in total. The minimum Gasteiger partial charge on any atom is -0.503 e. The van der Waals surface area contributed by atoms with Gasteiger partial charge in [0.2, 0.25) is 5.78 Å². The summed E-state index contributed by atoms with van der Waals surface area (Å²) in [6, 6.07) is 21.2. The number of amides is 1. The van der Waals surface area contributed by atoms with Crippen LogP contribution in [-0.4, -0.2) is 30.9 Å². The maximum atomic E-state index is 13.8. The Morgan fingerprint density at radius 2 is 1.74 bits per heavy atom. The molecule has 35 heavy (non-hydrogen) atoms. The average Bonchev–Trinajstić information content (AvgIpc) is 3.37. The lowest BCUT2D eigenvalue weighted by molar-refractivity contribution is -0.117. The molecular formula is C28H23BrN2O4. The van der Waals surface area contributed by atoms with Crippen LogP contribution in [0.4, 0.5) is 11.4 Å². The molecule has 1 aromatic heterocycles. The van der Waals surface area contributed by atoms with E-state index in [0.717, 1.165) is 26.7 Å². The number of aliphatic hydroxyl groups is 1. The highest BCUT2D eigenvalue weighted by Crippen LogP contribution is 2.43. The van der Waals surface area contributed by atoms with Crippen LogP contribution >= 0.6 is 15.9 Å². The number of furan rings is 1. The van der Waals surface area contributed by atoms with Crippen LogP contribution in [0.25, 0.3) is 11.0 Å². The number of Topliss-reactive ketones (excluding diaryl/α,β-unsaturated/α-hetero) is 1. The summed E-state index contributed by atoms with van der Waals surface area (Å²) in [7, 11) is 3.87. The quantitative estimate of drug-likeness (QED) is 0.304. The molecular weight excluding hydrogens is 508 g/mol. The number of halogens is 1. The predicted molar refractivity (Wildman–Crippen MR) is 140 cm³/mol. The van der Waals surface area contributed by atoms with Gasteiger partial charge in [-0.25, -0.2) is 0 Å². The molecule has 0 fully saturated rings. The lowest BCUT2D eigenvalue weighted by Crippen LogP contribution is -2.31. The third kappa shape index (κ3) is 3.91. The molecule has 0 bridgehead atoms. The van der Waals surface area contributed by atoms with Crippen molar-refractivity contribution < 1.29 is 19.1 Å². The van der Waals surface area contributed by atoms with Gasteiger partial charge in [-0.1, -0.05) is 40.2 Å². The molecule has 0 aliphatic carbocycles. The van der Waals surface area contributed by atoms with Gasteiger partial charge in [0, 0.05) is 35.3 Å². The van der Waals surface area contributed by atoms with E-state index in [4.69, 9.17) is 4.42 Å². The van der Waals surface area contributed by atoms with Gasteiger partial charge in [0.1, 0.15) is 5.58 Å². The first-order valence-corrected chi connectivity index (χ1v) is 11.9. The van der Waals surface area contributed by atoms with Crippen molar-refractivity contribution in [3.8, 4) is 0 Å². The summed E-state index contributed by atoms with van der Waals surface area (Å²) in [6.07, 6.45) is 0. The van der Waals surface area contributed by atoms with Gasteiger partial charge < -0.3 is 14.4 Å². The first-order valence-electron chi connectivity index (χ1n) is 11.1. The van der Waals surface area contributed by atoms with Gasteiger partial charge in [-0.15, -0.1) is 0 Å². The summed E-state index contributed by atoms with van der Waals surface area (Å²) in [5, 5.41) is 11.8. The topological polar surface area (TPSA) is 74.0 Å². The number of aryl methyl sites for hydroxylation is 1. The van der Waals surface area contributed by atoms with Crippen molar-refractivity contribution in [3.63, 3.8) is 0 Å². The number of fused-ring (bicyclic) bond motifs is 1. The number of nitrogens with zero attached hydrogens (tertiary/aromatic N) is 2. The fourth-order valence-electron chi connectivity index (χ4n) is 4.46. The van der Waals surface area contributed by atoms with Crippen LogP contribution < -0.4 is 9.80 Å². The summed E-state index contributed by atoms with van der Waals surface area (Å²) in [5.41, 5.74) is 3.74. The molecule has 1 unspecified atom stereocenters. The van der Waals surface area contributed by atoms with Crippen LogP contribution in [0, 0.1) is 6.92 Å². The van der Waals surface area contributed by atoms with Crippen LogP contribution in [-0.2, 0) is 4.79 Å². The monoisotopic (exact) mass is 530 g/mol. The van der Waals surface area contributed by atoms with E-state index in [1.165, 1.54) is 4.90 Å². The van der Waals surface area contributed by atoms with Gasteiger partial charge in [0.05, 0.1) is 11.6 Å².